The van der Waals surface area contributed by atoms with E-state index in [1.807, 2.05) is 60.8 Å². The molecule has 1 aromatic heterocycles. The van der Waals surface area contributed by atoms with Crippen molar-refractivity contribution in [1.29, 1.82) is 0 Å². The van der Waals surface area contributed by atoms with Crippen LogP contribution in [0.5, 0.6) is 5.75 Å². The Bertz CT molecular complexity index is 1490. The van der Waals surface area contributed by atoms with Crippen molar-refractivity contribution in [1.82, 2.24) is 9.88 Å². The van der Waals surface area contributed by atoms with Crippen molar-refractivity contribution in [2.75, 3.05) is 11.4 Å². The van der Waals surface area contributed by atoms with Crippen LogP contribution in [0.3, 0.4) is 0 Å². The lowest BCUT2D eigenvalue weighted by Crippen LogP contribution is -2.47. The van der Waals surface area contributed by atoms with Gasteiger partial charge in [0.1, 0.15) is 11.8 Å². The first-order chi connectivity index (χ1) is 18.4. The number of para-hydroxylation sites is 1. The van der Waals surface area contributed by atoms with Crippen molar-refractivity contribution >= 4 is 40.3 Å². The van der Waals surface area contributed by atoms with Gasteiger partial charge < -0.3 is 14.6 Å². The van der Waals surface area contributed by atoms with E-state index >= 15 is 0 Å². The third-order valence-electron chi connectivity index (χ3n) is 6.67. The Kier molecular flexibility index (Phi) is 7.04. The van der Waals surface area contributed by atoms with E-state index in [4.69, 9.17) is 4.74 Å². The van der Waals surface area contributed by atoms with Gasteiger partial charge in [0.2, 0.25) is 11.8 Å². The number of H-pyrrole nitrogens is 1. The lowest BCUT2D eigenvalue weighted by atomic mass is 10.1. The predicted molar refractivity (Wildman–Crippen MR) is 143 cm³/mol. The second-order valence-electron chi connectivity index (χ2n) is 9.23. The molecule has 1 aliphatic heterocycles. The average molecular weight is 510 g/mol. The molecule has 2 heterocycles. The second-order valence-corrected chi connectivity index (χ2v) is 9.23. The standard InChI is InChI=1S/C30H27N3O5/c1-20(34)38-24-13-11-23(12-14-24)33-29(36)18-27(30(33)37)32(28(35)17-21-7-3-2-4-8-21)16-15-22-19-31-26-10-6-5-9-25(22)26/h2-14,19,27,31H,15-18H2,1H3. The average Bonchev–Trinajstić information content (AvgIpc) is 3.45. The minimum absolute atomic E-state index is 0.0983. The lowest BCUT2D eigenvalue weighted by molar-refractivity contribution is -0.137. The number of hydrogen-bond acceptors (Lipinski definition) is 5. The maximum absolute atomic E-state index is 13.6. The molecule has 0 aliphatic carbocycles. The smallest absolute Gasteiger partial charge is 0.308 e. The number of amides is 3. The summed E-state index contributed by atoms with van der Waals surface area (Å²) in [6, 6.07) is 22.5. The Morgan fingerprint density at radius 3 is 2.42 bits per heavy atom. The highest BCUT2D eigenvalue weighted by atomic mass is 16.5. The maximum Gasteiger partial charge on any atom is 0.308 e. The van der Waals surface area contributed by atoms with Gasteiger partial charge in [0.05, 0.1) is 18.5 Å². The van der Waals surface area contributed by atoms with Gasteiger partial charge in [-0.15, -0.1) is 0 Å². The molecular weight excluding hydrogens is 482 g/mol. The van der Waals surface area contributed by atoms with E-state index in [0.29, 0.717) is 17.9 Å². The number of carbonyl (C=O) groups is 4. The number of nitrogens with one attached hydrogen (secondary N) is 1. The summed E-state index contributed by atoms with van der Waals surface area (Å²) in [4.78, 5) is 57.3. The monoisotopic (exact) mass is 509 g/mol. The summed E-state index contributed by atoms with van der Waals surface area (Å²) < 4.78 is 5.05. The quantitative estimate of drug-likeness (QED) is 0.220. The molecule has 3 amide bonds. The minimum Gasteiger partial charge on any atom is -0.427 e. The number of nitrogens with zero attached hydrogens (tertiary/aromatic N) is 2. The fourth-order valence-electron chi connectivity index (χ4n) is 4.87. The molecule has 192 valence electrons. The number of ether oxygens (including phenoxy) is 1. The highest BCUT2D eigenvalue weighted by molar-refractivity contribution is 6.23. The molecule has 8 nitrogen and oxygen atoms in total. The molecule has 1 atom stereocenters. The van der Waals surface area contributed by atoms with Gasteiger partial charge in [-0.2, -0.15) is 0 Å². The molecule has 8 heteroatoms. The van der Waals surface area contributed by atoms with E-state index < -0.39 is 17.9 Å². The first-order valence-corrected chi connectivity index (χ1v) is 12.4. The third-order valence-corrected chi connectivity index (χ3v) is 6.67. The summed E-state index contributed by atoms with van der Waals surface area (Å²) in [6.45, 7) is 1.58. The van der Waals surface area contributed by atoms with Crippen molar-refractivity contribution in [2.24, 2.45) is 0 Å². The molecule has 1 unspecified atom stereocenters. The van der Waals surface area contributed by atoms with Crippen molar-refractivity contribution in [3.63, 3.8) is 0 Å². The van der Waals surface area contributed by atoms with Gasteiger partial charge in [-0.25, -0.2) is 4.90 Å². The van der Waals surface area contributed by atoms with E-state index in [2.05, 4.69) is 4.98 Å². The van der Waals surface area contributed by atoms with E-state index in [-0.39, 0.29) is 31.2 Å². The lowest BCUT2D eigenvalue weighted by Gasteiger charge is -2.28. The SMILES string of the molecule is CC(=O)Oc1ccc(N2C(=O)CC(N(CCc3c[nH]c4ccccc34)C(=O)Cc3ccccc3)C2=O)cc1. The van der Waals surface area contributed by atoms with Gasteiger partial charge in [0.15, 0.2) is 0 Å². The zero-order chi connectivity index (χ0) is 26.6. The Morgan fingerprint density at radius 2 is 1.68 bits per heavy atom. The molecule has 1 saturated heterocycles. The van der Waals surface area contributed by atoms with Gasteiger partial charge in [-0.1, -0.05) is 48.5 Å². The molecular formula is C30H27N3O5. The molecule has 4 aromatic rings. The van der Waals surface area contributed by atoms with Crippen molar-refractivity contribution in [2.45, 2.75) is 32.2 Å². The van der Waals surface area contributed by atoms with Gasteiger partial charge in [-0.05, 0) is 47.9 Å². The zero-order valence-electron chi connectivity index (χ0n) is 20.9. The first-order valence-electron chi connectivity index (χ1n) is 12.4. The van der Waals surface area contributed by atoms with Crippen LogP contribution in [0.2, 0.25) is 0 Å². The largest absolute Gasteiger partial charge is 0.427 e. The molecule has 0 bridgehead atoms. The Labute approximate surface area is 219 Å². The Balaban J connectivity index is 1.39. The fourth-order valence-corrected chi connectivity index (χ4v) is 4.87. The van der Waals surface area contributed by atoms with Crippen LogP contribution in [0.1, 0.15) is 24.5 Å². The van der Waals surface area contributed by atoms with Crippen molar-refractivity contribution < 1.29 is 23.9 Å². The van der Waals surface area contributed by atoms with Gasteiger partial charge in [0, 0.05) is 30.6 Å². The van der Waals surface area contributed by atoms with Crippen LogP contribution in [0, 0.1) is 0 Å². The molecule has 0 radical (unpaired) electrons. The summed E-state index contributed by atoms with van der Waals surface area (Å²) in [6.07, 6.45) is 2.48. The molecule has 3 aromatic carbocycles. The van der Waals surface area contributed by atoms with Crippen LogP contribution in [-0.4, -0.2) is 46.2 Å². The third kappa shape index (κ3) is 5.20. The number of rotatable bonds is 8. The number of fused-ring (bicyclic) bond motifs is 1. The summed E-state index contributed by atoms with van der Waals surface area (Å²) >= 11 is 0. The van der Waals surface area contributed by atoms with Crippen molar-refractivity contribution in [3.8, 4) is 5.75 Å². The van der Waals surface area contributed by atoms with Gasteiger partial charge in [-0.3, -0.25) is 19.2 Å². The Morgan fingerprint density at radius 1 is 0.974 bits per heavy atom. The number of esters is 1. The zero-order valence-corrected chi connectivity index (χ0v) is 20.9. The molecule has 1 fully saturated rings. The normalized spacial score (nSPS) is 15.2. The molecule has 0 spiro atoms. The molecule has 0 saturated carbocycles. The fraction of sp³-hybridized carbons (Fsp3) is 0.200. The molecule has 1 N–H and O–H groups in total. The van der Waals surface area contributed by atoms with Gasteiger partial charge in [0.25, 0.3) is 5.91 Å². The Hall–Kier alpha value is -4.72. The van der Waals surface area contributed by atoms with E-state index in [9.17, 15) is 19.2 Å². The number of hydrogen-bond donors (Lipinski definition) is 1. The van der Waals surface area contributed by atoms with Crippen LogP contribution in [0.15, 0.2) is 85.1 Å². The summed E-state index contributed by atoms with van der Waals surface area (Å²) in [5, 5.41) is 1.06. The van der Waals surface area contributed by atoms with Crippen LogP contribution in [0.25, 0.3) is 10.9 Å². The number of anilines is 1. The molecule has 5 rings (SSSR count). The van der Waals surface area contributed by atoms with Crippen LogP contribution >= 0.6 is 0 Å². The van der Waals surface area contributed by atoms with E-state index in [1.165, 1.54) is 19.1 Å². The van der Waals surface area contributed by atoms with E-state index in [0.717, 1.165) is 26.9 Å². The van der Waals surface area contributed by atoms with Crippen LogP contribution in [0.4, 0.5) is 5.69 Å². The number of aromatic nitrogens is 1. The van der Waals surface area contributed by atoms with E-state index in [1.54, 1.807) is 17.0 Å². The minimum atomic E-state index is -0.905. The number of carbonyl (C=O) groups excluding carboxylic acids is 4. The summed E-state index contributed by atoms with van der Waals surface area (Å²) in [5.74, 6) is -1.20. The maximum atomic E-state index is 13.6. The van der Waals surface area contributed by atoms with Crippen LogP contribution < -0.4 is 9.64 Å². The summed E-state index contributed by atoms with van der Waals surface area (Å²) in [7, 11) is 0. The highest BCUT2D eigenvalue weighted by Crippen LogP contribution is 2.28. The number of benzene rings is 3. The van der Waals surface area contributed by atoms with Crippen LogP contribution in [-0.2, 0) is 32.0 Å². The topological polar surface area (TPSA) is 99.8 Å². The predicted octanol–water partition coefficient (Wildman–Crippen LogP) is 4.04. The molecule has 1 aliphatic rings. The highest BCUT2D eigenvalue weighted by Gasteiger charge is 2.44. The second kappa shape index (κ2) is 10.7. The van der Waals surface area contributed by atoms with Crippen molar-refractivity contribution in [3.05, 3.63) is 96.2 Å². The number of aromatic amines is 1. The first kappa shape index (κ1) is 25.0. The van der Waals surface area contributed by atoms with Gasteiger partial charge >= 0.3 is 5.97 Å². The summed E-state index contributed by atoms with van der Waals surface area (Å²) in [5.41, 5.74) is 3.24. The molecule has 38 heavy (non-hydrogen) atoms. The number of imide groups is 1.